The van der Waals surface area contributed by atoms with Crippen LogP contribution >= 0.6 is 0 Å². The van der Waals surface area contributed by atoms with Crippen molar-refractivity contribution in [2.75, 3.05) is 144 Å². The molecule has 17 heteroatoms. The Hall–Kier alpha value is -3.02. The summed E-state index contributed by atoms with van der Waals surface area (Å²) < 4.78 is 53.8. The average Bonchev–Trinajstić information content (AvgIpc) is 3.05. The summed E-state index contributed by atoms with van der Waals surface area (Å²) in [6.07, 6.45) is 5.07. The van der Waals surface area contributed by atoms with E-state index >= 15 is 0 Å². The highest BCUT2D eigenvalue weighted by Crippen LogP contribution is 2.28. The first kappa shape index (κ1) is 41.0. The third kappa shape index (κ3) is 24.2. The van der Waals surface area contributed by atoms with Crippen LogP contribution in [0.15, 0.2) is 18.2 Å². The van der Waals surface area contributed by atoms with Gasteiger partial charge in [0.15, 0.2) is 0 Å². The van der Waals surface area contributed by atoms with Crippen molar-refractivity contribution < 1.29 is 57.2 Å². The molecule has 46 heavy (non-hydrogen) atoms. The normalized spacial score (nSPS) is 11.0. The number of hydrogen-bond donors (Lipinski definition) is 1. The Labute approximate surface area is 269 Å². The predicted molar refractivity (Wildman–Crippen MR) is 165 cm³/mol. The molecule has 0 radical (unpaired) electrons. The SMILES string of the molecule is C#CCOCCOCCOCCOCCOCCOCCOCCOCCOCCOCCNc1ccc([N+](=O)[O-])cc1[N+](=O)[O-]. The van der Waals surface area contributed by atoms with Gasteiger partial charge in [0.05, 0.1) is 141 Å². The standard InChI is InChI=1S/C29H47N3O14/c1-2-6-37-8-10-39-12-14-41-16-18-43-20-22-45-24-25-46-23-21-44-19-17-42-15-13-40-11-9-38-7-5-30-28-4-3-27(31(33)34)26-29(28)32(35)36/h1,3-4,26,30H,5-25H2. The van der Waals surface area contributed by atoms with E-state index in [1.165, 1.54) is 12.1 Å². The monoisotopic (exact) mass is 661 g/mol. The third-order valence-corrected chi connectivity index (χ3v) is 5.48. The maximum Gasteiger partial charge on any atom is 0.299 e. The number of nitrogens with one attached hydrogen (secondary N) is 1. The molecular formula is C29H47N3O14. The van der Waals surface area contributed by atoms with Gasteiger partial charge in [-0.15, -0.1) is 6.42 Å². The van der Waals surface area contributed by atoms with Crippen LogP contribution in [0.2, 0.25) is 0 Å². The van der Waals surface area contributed by atoms with E-state index in [4.69, 9.17) is 53.8 Å². The van der Waals surface area contributed by atoms with E-state index in [9.17, 15) is 20.2 Å². The lowest BCUT2D eigenvalue weighted by Gasteiger charge is -2.09. The van der Waals surface area contributed by atoms with Gasteiger partial charge in [-0.1, -0.05) is 5.92 Å². The van der Waals surface area contributed by atoms with Crippen molar-refractivity contribution in [3.8, 4) is 12.3 Å². The lowest BCUT2D eigenvalue weighted by atomic mass is 10.2. The Morgan fingerprint density at radius 1 is 0.543 bits per heavy atom. The summed E-state index contributed by atoms with van der Waals surface area (Å²) in [5.74, 6) is 2.39. The quantitative estimate of drug-likeness (QED) is 0.0486. The molecule has 0 aliphatic heterocycles. The van der Waals surface area contributed by atoms with Crippen LogP contribution in [0.4, 0.5) is 17.1 Å². The van der Waals surface area contributed by atoms with Gasteiger partial charge in [-0.3, -0.25) is 20.2 Å². The summed E-state index contributed by atoms with van der Waals surface area (Å²) >= 11 is 0. The van der Waals surface area contributed by atoms with Crippen LogP contribution in [-0.4, -0.2) is 149 Å². The number of non-ortho nitro benzene ring substituents is 1. The third-order valence-electron chi connectivity index (χ3n) is 5.48. The number of benzene rings is 1. The highest BCUT2D eigenvalue weighted by molar-refractivity contribution is 5.65. The van der Waals surface area contributed by atoms with Gasteiger partial charge in [0, 0.05) is 12.6 Å². The van der Waals surface area contributed by atoms with Crippen LogP contribution in [0.25, 0.3) is 0 Å². The van der Waals surface area contributed by atoms with Crippen molar-refractivity contribution in [1.82, 2.24) is 0 Å². The van der Waals surface area contributed by atoms with Gasteiger partial charge in [-0.2, -0.15) is 0 Å². The average molecular weight is 662 g/mol. The fourth-order valence-corrected chi connectivity index (χ4v) is 3.30. The van der Waals surface area contributed by atoms with E-state index in [1.54, 1.807) is 0 Å². The van der Waals surface area contributed by atoms with Crippen molar-refractivity contribution in [1.29, 1.82) is 0 Å². The lowest BCUT2D eigenvalue weighted by Crippen LogP contribution is -2.16. The Morgan fingerprint density at radius 3 is 1.22 bits per heavy atom. The molecule has 0 fully saturated rings. The molecule has 0 unspecified atom stereocenters. The van der Waals surface area contributed by atoms with E-state index in [0.717, 1.165) is 6.07 Å². The topological polar surface area (TPSA) is 191 Å². The molecule has 0 saturated heterocycles. The molecule has 0 atom stereocenters. The van der Waals surface area contributed by atoms with Crippen molar-refractivity contribution >= 4 is 17.1 Å². The molecule has 0 bridgehead atoms. The molecule has 17 nitrogen and oxygen atoms in total. The summed E-state index contributed by atoms with van der Waals surface area (Å²) in [7, 11) is 0. The van der Waals surface area contributed by atoms with Crippen molar-refractivity contribution in [3.05, 3.63) is 38.4 Å². The molecule has 0 aliphatic carbocycles. The van der Waals surface area contributed by atoms with E-state index in [-0.39, 0.29) is 30.2 Å². The fraction of sp³-hybridized carbons (Fsp3) is 0.724. The molecule has 1 rings (SSSR count). The first-order valence-electron chi connectivity index (χ1n) is 14.9. The van der Waals surface area contributed by atoms with Gasteiger partial charge in [0.2, 0.25) is 0 Å². The van der Waals surface area contributed by atoms with E-state index < -0.39 is 9.85 Å². The second-order valence-electron chi connectivity index (χ2n) is 8.91. The summed E-state index contributed by atoms with van der Waals surface area (Å²) in [6.45, 7) is 9.01. The van der Waals surface area contributed by atoms with Gasteiger partial charge >= 0.3 is 0 Å². The zero-order chi connectivity index (χ0) is 33.3. The number of rotatable bonds is 34. The number of nitro benzene ring substituents is 2. The summed E-state index contributed by atoms with van der Waals surface area (Å²) in [5, 5.41) is 24.8. The highest BCUT2D eigenvalue weighted by atomic mass is 16.6. The Kier molecular flexibility index (Phi) is 27.3. The molecule has 0 aromatic heterocycles. The number of ether oxygens (including phenoxy) is 10. The van der Waals surface area contributed by atoms with Crippen LogP contribution in [0.1, 0.15) is 0 Å². The van der Waals surface area contributed by atoms with Crippen LogP contribution in [-0.2, 0) is 47.4 Å². The van der Waals surface area contributed by atoms with Gasteiger partial charge in [-0.25, -0.2) is 0 Å². The van der Waals surface area contributed by atoms with Gasteiger partial charge in [0.1, 0.15) is 12.3 Å². The largest absolute Gasteiger partial charge is 0.377 e. The first-order valence-corrected chi connectivity index (χ1v) is 14.9. The molecule has 0 amide bonds. The number of nitrogens with zero attached hydrogens (tertiary/aromatic N) is 2. The Morgan fingerprint density at radius 2 is 0.891 bits per heavy atom. The molecule has 1 N–H and O–H groups in total. The van der Waals surface area contributed by atoms with Crippen LogP contribution in [0.3, 0.4) is 0 Å². The number of terminal acetylenes is 1. The summed E-state index contributed by atoms with van der Waals surface area (Å²) in [4.78, 5) is 20.6. The van der Waals surface area contributed by atoms with Gasteiger partial charge in [-0.05, 0) is 6.07 Å². The van der Waals surface area contributed by atoms with Crippen molar-refractivity contribution in [2.24, 2.45) is 0 Å². The fourth-order valence-electron chi connectivity index (χ4n) is 3.30. The van der Waals surface area contributed by atoms with E-state index in [0.29, 0.717) is 126 Å². The molecule has 0 heterocycles. The highest BCUT2D eigenvalue weighted by Gasteiger charge is 2.19. The smallest absolute Gasteiger partial charge is 0.299 e. The van der Waals surface area contributed by atoms with Gasteiger partial charge in [0.25, 0.3) is 11.4 Å². The van der Waals surface area contributed by atoms with E-state index in [2.05, 4.69) is 11.2 Å². The minimum absolute atomic E-state index is 0.185. The van der Waals surface area contributed by atoms with E-state index in [1.807, 2.05) is 0 Å². The number of anilines is 1. The maximum absolute atomic E-state index is 11.1. The second kappa shape index (κ2) is 30.6. The summed E-state index contributed by atoms with van der Waals surface area (Å²) in [6, 6.07) is 3.42. The maximum atomic E-state index is 11.1. The first-order chi connectivity index (χ1) is 22.6. The Bertz CT molecular complexity index is 950. The zero-order valence-electron chi connectivity index (χ0n) is 26.3. The molecular weight excluding hydrogens is 614 g/mol. The van der Waals surface area contributed by atoms with Crippen LogP contribution in [0.5, 0.6) is 0 Å². The van der Waals surface area contributed by atoms with Crippen molar-refractivity contribution in [3.63, 3.8) is 0 Å². The molecule has 262 valence electrons. The van der Waals surface area contributed by atoms with Gasteiger partial charge < -0.3 is 52.7 Å². The molecule has 0 saturated carbocycles. The molecule has 1 aromatic rings. The summed E-state index contributed by atoms with van der Waals surface area (Å²) in [5.41, 5.74) is -0.528. The molecule has 0 aliphatic rings. The van der Waals surface area contributed by atoms with Crippen LogP contribution in [0, 0.1) is 32.6 Å². The minimum Gasteiger partial charge on any atom is -0.377 e. The van der Waals surface area contributed by atoms with Crippen molar-refractivity contribution in [2.45, 2.75) is 0 Å². The second-order valence-corrected chi connectivity index (χ2v) is 8.91. The lowest BCUT2D eigenvalue weighted by molar-refractivity contribution is -0.393. The minimum atomic E-state index is -0.682. The molecule has 0 spiro atoms. The number of nitro groups is 2. The Balaban J connectivity index is 1.74. The predicted octanol–water partition coefficient (Wildman–Crippen LogP) is 1.71. The zero-order valence-corrected chi connectivity index (χ0v) is 26.3. The number of hydrogen-bond acceptors (Lipinski definition) is 15. The van der Waals surface area contributed by atoms with Crippen LogP contribution < -0.4 is 5.32 Å². The molecule has 1 aromatic carbocycles.